The molecule has 1 aliphatic rings. The zero-order valence-corrected chi connectivity index (χ0v) is 11.3. The highest BCUT2D eigenvalue weighted by atomic mass is 16.5. The summed E-state index contributed by atoms with van der Waals surface area (Å²) in [6.07, 6.45) is 3.31. The quantitative estimate of drug-likeness (QED) is 0.823. The van der Waals surface area contributed by atoms with Crippen LogP contribution in [0.4, 0.5) is 0 Å². The minimum atomic E-state index is -0.0871. The molecule has 0 bridgehead atoms. The topological polar surface area (TPSA) is 47.6 Å². The molecule has 0 unspecified atom stereocenters. The van der Waals surface area contributed by atoms with Crippen molar-refractivity contribution in [3.05, 3.63) is 35.9 Å². The van der Waals surface area contributed by atoms with Gasteiger partial charge < -0.3 is 14.8 Å². The fourth-order valence-corrected chi connectivity index (χ4v) is 1.83. The molecule has 1 saturated heterocycles. The molecule has 0 aromatic heterocycles. The number of hydrogen-bond acceptors (Lipinski definition) is 3. The standard InChI is InChI=1S/C15H19NO3/c1-15(10-19-11-15)9-16-14(17)7-6-12-4-3-5-13(8-12)18-2/h3-8H,9-11H2,1-2H3,(H,16,17). The predicted molar refractivity (Wildman–Crippen MR) is 74.0 cm³/mol. The molecule has 0 aliphatic carbocycles. The molecule has 19 heavy (non-hydrogen) atoms. The van der Waals surface area contributed by atoms with Crippen LogP contribution < -0.4 is 10.1 Å². The smallest absolute Gasteiger partial charge is 0.244 e. The SMILES string of the molecule is COc1cccc(C=CC(=O)NCC2(C)COC2)c1. The molecule has 0 saturated carbocycles. The van der Waals surface area contributed by atoms with Crippen LogP contribution in [-0.4, -0.2) is 32.8 Å². The first kappa shape index (κ1) is 13.6. The van der Waals surface area contributed by atoms with Gasteiger partial charge in [0.25, 0.3) is 0 Å². The maximum Gasteiger partial charge on any atom is 0.244 e. The summed E-state index contributed by atoms with van der Waals surface area (Å²) in [6, 6.07) is 7.57. The van der Waals surface area contributed by atoms with E-state index in [9.17, 15) is 4.79 Å². The Morgan fingerprint density at radius 3 is 2.95 bits per heavy atom. The second kappa shape index (κ2) is 5.89. The van der Waals surface area contributed by atoms with E-state index < -0.39 is 0 Å². The summed E-state index contributed by atoms with van der Waals surface area (Å²) in [4.78, 5) is 11.7. The monoisotopic (exact) mass is 261 g/mol. The largest absolute Gasteiger partial charge is 0.497 e. The van der Waals surface area contributed by atoms with Crippen LogP contribution in [0.3, 0.4) is 0 Å². The van der Waals surface area contributed by atoms with Gasteiger partial charge in [0.15, 0.2) is 0 Å². The number of hydrogen-bond donors (Lipinski definition) is 1. The lowest BCUT2D eigenvalue weighted by atomic mass is 9.89. The third kappa shape index (κ3) is 3.83. The Bertz CT molecular complexity index is 478. The van der Waals surface area contributed by atoms with Crippen molar-refractivity contribution in [2.45, 2.75) is 6.92 Å². The molecule has 0 atom stereocenters. The first-order valence-corrected chi connectivity index (χ1v) is 6.29. The van der Waals surface area contributed by atoms with Gasteiger partial charge >= 0.3 is 0 Å². The molecule has 0 radical (unpaired) electrons. The summed E-state index contributed by atoms with van der Waals surface area (Å²) < 4.78 is 10.3. The van der Waals surface area contributed by atoms with Gasteiger partial charge in [0.1, 0.15) is 5.75 Å². The number of nitrogens with one attached hydrogen (secondary N) is 1. The number of carbonyl (C=O) groups excluding carboxylic acids is 1. The zero-order chi connectivity index (χ0) is 13.7. The van der Waals surface area contributed by atoms with Gasteiger partial charge in [0.2, 0.25) is 5.91 Å². The van der Waals surface area contributed by atoms with Crippen molar-refractivity contribution in [2.75, 3.05) is 26.9 Å². The number of rotatable bonds is 5. The Morgan fingerprint density at radius 1 is 1.53 bits per heavy atom. The fraction of sp³-hybridized carbons (Fsp3) is 0.400. The second-order valence-corrected chi connectivity index (χ2v) is 5.13. The van der Waals surface area contributed by atoms with Gasteiger partial charge in [0, 0.05) is 18.0 Å². The fourth-order valence-electron chi connectivity index (χ4n) is 1.83. The lowest BCUT2D eigenvalue weighted by molar-refractivity contribution is -0.122. The van der Waals surface area contributed by atoms with E-state index in [1.165, 1.54) is 6.08 Å². The number of ether oxygens (including phenoxy) is 2. The van der Waals surface area contributed by atoms with Crippen LogP contribution in [0.25, 0.3) is 6.08 Å². The van der Waals surface area contributed by atoms with Gasteiger partial charge in [-0.15, -0.1) is 0 Å². The van der Waals surface area contributed by atoms with E-state index in [1.54, 1.807) is 13.2 Å². The van der Waals surface area contributed by atoms with E-state index in [0.29, 0.717) is 19.8 Å². The molecule has 1 aromatic carbocycles. The minimum Gasteiger partial charge on any atom is -0.497 e. The van der Waals surface area contributed by atoms with Crippen LogP contribution in [0.15, 0.2) is 30.3 Å². The molecule has 1 amide bonds. The Balaban J connectivity index is 1.85. The first-order chi connectivity index (χ1) is 9.11. The average Bonchev–Trinajstić information content (AvgIpc) is 2.41. The van der Waals surface area contributed by atoms with Crippen molar-refractivity contribution in [1.29, 1.82) is 0 Å². The Morgan fingerprint density at radius 2 is 2.32 bits per heavy atom. The van der Waals surface area contributed by atoms with Crippen LogP contribution in [0.2, 0.25) is 0 Å². The zero-order valence-electron chi connectivity index (χ0n) is 11.3. The molecular weight excluding hydrogens is 242 g/mol. The summed E-state index contributed by atoms with van der Waals surface area (Å²) in [6.45, 7) is 4.18. The average molecular weight is 261 g/mol. The molecule has 1 aromatic rings. The van der Waals surface area contributed by atoms with E-state index in [4.69, 9.17) is 9.47 Å². The number of benzene rings is 1. The first-order valence-electron chi connectivity index (χ1n) is 6.29. The summed E-state index contributed by atoms with van der Waals surface area (Å²) in [5, 5.41) is 2.89. The summed E-state index contributed by atoms with van der Waals surface area (Å²) in [5.41, 5.74) is 1.03. The van der Waals surface area contributed by atoms with E-state index in [-0.39, 0.29) is 11.3 Å². The second-order valence-electron chi connectivity index (χ2n) is 5.13. The van der Waals surface area contributed by atoms with Crippen LogP contribution in [-0.2, 0) is 9.53 Å². The molecule has 1 heterocycles. The van der Waals surface area contributed by atoms with Crippen molar-refractivity contribution in [1.82, 2.24) is 5.32 Å². The Labute approximate surface area is 113 Å². The number of methoxy groups -OCH3 is 1. The van der Waals surface area contributed by atoms with Crippen molar-refractivity contribution in [3.8, 4) is 5.75 Å². The third-order valence-corrected chi connectivity index (χ3v) is 3.11. The van der Waals surface area contributed by atoms with Gasteiger partial charge in [-0.05, 0) is 23.8 Å². The van der Waals surface area contributed by atoms with Crippen molar-refractivity contribution in [3.63, 3.8) is 0 Å². The molecule has 1 aliphatic heterocycles. The van der Waals surface area contributed by atoms with Crippen molar-refractivity contribution >= 4 is 12.0 Å². The van der Waals surface area contributed by atoms with Crippen LogP contribution in [0.5, 0.6) is 5.75 Å². The highest BCUT2D eigenvalue weighted by molar-refractivity contribution is 5.91. The highest BCUT2D eigenvalue weighted by Gasteiger charge is 2.33. The third-order valence-electron chi connectivity index (χ3n) is 3.11. The van der Waals surface area contributed by atoms with Crippen molar-refractivity contribution in [2.24, 2.45) is 5.41 Å². The molecule has 1 fully saturated rings. The van der Waals surface area contributed by atoms with E-state index in [2.05, 4.69) is 12.2 Å². The maximum atomic E-state index is 11.7. The maximum absolute atomic E-state index is 11.7. The minimum absolute atomic E-state index is 0.0871. The summed E-state index contributed by atoms with van der Waals surface area (Å²) >= 11 is 0. The summed E-state index contributed by atoms with van der Waals surface area (Å²) in [7, 11) is 1.62. The van der Waals surface area contributed by atoms with E-state index in [0.717, 1.165) is 11.3 Å². The van der Waals surface area contributed by atoms with Crippen LogP contribution in [0.1, 0.15) is 12.5 Å². The molecular formula is C15H19NO3. The van der Waals surface area contributed by atoms with E-state index >= 15 is 0 Å². The van der Waals surface area contributed by atoms with Gasteiger partial charge in [-0.3, -0.25) is 4.79 Å². The highest BCUT2D eigenvalue weighted by Crippen LogP contribution is 2.24. The predicted octanol–water partition coefficient (Wildman–Crippen LogP) is 1.86. The van der Waals surface area contributed by atoms with Crippen LogP contribution >= 0.6 is 0 Å². The van der Waals surface area contributed by atoms with Gasteiger partial charge in [0.05, 0.1) is 20.3 Å². The van der Waals surface area contributed by atoms with Gasteiger partial charge in [-0.25, -0.2) is 0 Å². The number of amides is 1. The van der Waals surface area contributed by atoms with E-state index in [1.807, 2.05) is 24.3 Å². The van der Waals surface area contributed by atoms with Crippen molar-refractivity contribution < 1.29 is 14.3 Å². The molecule has 102 valence electrons. The molecule has 4 nitrogen and oxygen atoms in total. The van der Waals surface area contributed by atoms with Gasteiger partial charge in [-0.2, -0.15) is 0 Å². The Hall–Kier alpha value is -1.81. The summed E-state index contributed by atoms with van der Waals surface area (Å²) in [5.74, 6) is 0.692. The van der Waals surface area contributed by atoms with Crippen LogP contribution in [0, 0.1) is 5.41 Å². The lowest BCUT2D eigenvalue weighted by Crippen LogP contribution is -2.48. The molecule has 0 spiro atoms. The molecule has 1 N–H and O–H groups in total. The van der Waals surface area contributed by atoms with Gasteiger partial charge in [-0.1, -0.05) is 19.1 Å². The lowest BCUT2D eigenvalue weighted by Gasteiger charge is -2.37. The Kier molecular flexibility index (Phi) is 4.22. The molecule has 4 heteroatoms. The number of carbonyl (C=O) groups is 1. The molecule has 2 rings (SSSR count). The normalized spacial score (nSPS) is 16.9.